The van der Waals surface area contributed by atoms with Gasteiger partial charge in [0.05, 0.1) is 16.3 Å². The van der Waals surface area contributed by atoms with Crippen molar-refractivity contribution in [3.05, 3.63) is 54.6 Å². The summed E-state index contributed by atoms with van der Waals surface area (Å²) in [6.45, 7) is 0. The zero-order chi connectivity index (χ0) is 13.0. The summed E-state index contributed by atoms with van der Waals surface area (Å²) < 4.78 is 32.1. The van der Waals surface area contributed by atoms with Crippen molar-refractivity contribution in [2.24, 2.45) is 10.2 Å². The molecular formula is C12H13KN2O5S. The largest absolute Gasteiger partial charge is 1.00 e. The van der Waals surface area contributed by atoms with E-state index in [9.17, 15) is 13.0 Å². The van der Waals surface area contributed by atoms with E-state index in [2.05, 4.69) is 10.2 Å². The number of hydrogen-bond acceptors (Lipinski definition) is 5. The van der Waals surface area contributed by atoms with E-state index in [4.69, 9.17) is 0 Å². The van der Waals surface area contributed by atoms with Crippen LogP contribution in [0.3, 0.4) is 0 Å². The molecule has 4 N–H and O–H groups in total. The van der Waals surface area contributed by atoms with Crippen molar-refractivity contribution >= 4 is 21.5 Å². The van der Waals surface area contributed by atoms with Gasteiger partial charge in [0, 0.05) is 0 Å². The van der Waals surface area contributed by atoms with Crippen LogP contribution in [-0.2, 0) is 10.1 Å². The third-order valence-electron chi connectivity index (χ3n) is 2.16. The van der Waals surface area contributed by atoms with Crippen LogP contribution in [0.5, 0.6) is 0 Å². The molecule has 21 heavy (non-hydrogen) atoms. The Morgan fingerprint density at radius 2 is 1.19 bits per heavy atom. The van der Waals surface area contributed by atoms with Gasteiger partial charge in [-0.05, 0) is 36.4 Å². The standard InChI is InChI=1S/C12H10N2O3S.K.2H2O/c15-18(16,17)12-8-6-11(7-9-12)14-13-10-4-2-1-3-5-10;;;/h1-9H,(H,15,16,17);;2*1H2/q;+1;;/p-1. The van der Waals surface area contributed by atoms with Crippen LogP contribution in [0, 0.1) is 0 Å². The molecule has 0 aliphatic rings. The zero-order valence-corrected chi connectivity index (χ0v) is 15.2. The predicted molar refractivity (Wildman–Crippen MR) is 72.3 cm³/mol. The van der Waals surface area contributed by atoms with Gasteiger partial charge in [-0.1, -0.05) is 18.2 Å². The number of rotatable bonds is 3. The van der Waals surface area contributed by atoms with Gasteiger partial charge in [0.2, 0.25) is 0 Å². The summed E-state index contributed by atoms with van der Waals surface area (Å²) in [5, 5.41) is 7.89. The summed E-state index contributed by atoms with van der Waals surface area (Å²) in [6, 6.07) is 14.4. The molecule has 0 fully saturated rings. The fourth-order valence-corrected chi connectivity index (χ4v) is 1.76. The minimum Gasteiger partial charge on any atom is -0.744 e. The summed E-state index contributed by atoms with van der Waals surface area (Å²) in [4.78, 5) is -0.277. The molecule has 2 aromatic rings. The van der Waals surface area contributed by atoms with Gasteiger partial charge in [-0.25, -0.2) is 8.42 Å². The molecule has 108 valence electrons. The molecule has 2 aromatic carbocycles. The van der Waals surface area contributed by atoms with Gasteiger partial charge in [0.25, 0.3) is 0 Å². The fourth-order valence-electron chi connectivity index (χ4n) is 1.29. The molecule has 9 heteroatoms. The first-order chi connectivity index (χ1) is 8.55. The van der Waals surface area contributed by atoms with Gasteiger partial charge in [-0.3, -0.25) is 0 Å². The van der Waals surface area contributed by atoms with Gasteiger partial charge in [0.15, 0.2) is 0 Å². The molecule has 2 rings (SSSR count). The molecular weight excluding hydrogens is 323 g/mol. The van der Waals surface area contributed by atoms with E-state index in [1.54, 1.807) is 12.1 Å². The Kier molecular flexibility index (Phi) is 11.1. The van der Waals surface area contributed by atoms with Crippen LogP contribution in [0.25, 0.3) is 0 Å². The van der Waals surface area contributed by atoms with Crippen LogP contribution >= 0.6 is 0 Å². The molecule has 0 radical (unpaired) electrons. The first kappa shape index (κ1) is 22.8. The Labute approximate surface area is 164 Å². The number of nitrogens with zero attached hydrogens (tertiary/aromatic N) is 2. The summed E-state index contributed by atoms with van der Waals surface area (Å²) in [6.07, 6.45) is 0. The van der Waals surface area contributed by atoms with Crippen LogP contribution < -0.4 is 51.4 Å². The molecule has 0 unspecified atom stereocenters. The summed E-state index contributed by atoms with van der Waals surface area (Å²) in [5.74, 6) is 0. The van der Waals surface area contributed by atoms with Gasteiger partial charge < -0.3 is 15.5 Å². The second-order valence-electron chi connectivity index (χ2n) is 3.48. The zero-order valence-electron chi connectivity index (χ0n) is 11.2. The maximum atomic E-state index is 10.7. The summed E-state index contributed by atoms with van der Waals surface area (Å²) in [5.41, 5.74) is 1.17. The van der Waals surface area contributed by atoms with Crippen molar-refractivity contribution in [3.8, 4) is 0 Å². The molecule has 0 heterocycles. The second kappa shape index (κ2) is 10.3. The first-order valence-electron chi connectivity index (χ1n) is 5.08. The molecule has 0 aliphatic heterocycles. The fraction of sp³-hybridized carbons (Fsp3) is 0. The average Bonchev–Trinajstić information content (AvgIpc) is 2.37. The minimum absolute atomic E-state index is 0. The third kappa shape index (κ3) is 7.36. The molecule has 0 saturated carbocycles. The van der Waals surface area contributed by atoms with E-state index in [-0.39, 0.29) is 67.2 Å². The Bertz CT molecular complexity index is 660. The van der Waals surface area contributed by atoms with Gasteiger partial charge in [-0.15, -0.1) is 0 Å². The normalized spacial score (nSPS) is 10.1. The van der Waals surface area contributed by atoms with E-state index >= 15 is 0 Å². The van der Waals surface area contributed by atoms with Crippen LogP contribution in [0.1, 0.15) is 0 Å². The Balaban J connectivity index is 0. The smallest absolute Gasteiger partial charge is 0.744 e. The van der Waals surface area contributed by atoms with Crippen LogP contribution in [0.4, 0.5) is 11.4 Å². The summed E-state index contributed by atoms with van der Waals surface area (Å²) in [7, 11) is -4.41. The summed E-state index contributed by atoms with van der Waals surface area (Å²) >= 11 is 0. The molecule has 0 aromatic heterocycles. The van der Waals surface area contributed by atoms with Crippen molar-refractivity contribution in [2.45, 2.75) is 4.90 Å². The van der Waals surface area contributed by atoms with E-state index < -0.39 is 10.1 Å². The molecule has 0 saturated heterocycles. The number of azo groups is 1. The van der Waals surface area contributed by atoms with Crippen molar-refractivity contribution in [3.63, 3.8) is 0 Å². The Morgan fingerprint density at radius 3 is 1.62 bits per heavy atom. The Hall–Kier alpha value is -0.494. The molecule has 0 spiro atoms. The second-order valence-corrected chi connectivity index (χ2v) is 4.86. The monoisotopic (exact) mass is 336 g/mol. The van der Waals surface area contributed by atoms with Crippen LogP contribution in [0.15, 0.2) is 69.7 Å². The van der Waals surface area contributed by atoms with Gasteiger partial charge in [0.1, 0.15) is 10.1 Å². The maximum Gasteiger partial charge on any atom is 1.00 e. The van der Waals surface area contributed by atoms with Gasteiger partial charge >= 0.3 is 51.4 Å². The SMILES string of the molecule is O.O.O=S(=O)([O-])c1ccc(N=Nc2ccccc2)cc1.[K+]. The van der Waals surface area contributed by atoms with E-state index in [0.717, 1.165) is 0 Å². The topological polar surface area (TPSA) is 145 Å². The number of hydrogen-bond donors (Lipinski definition) is 0. The molecule has 0 amide bonds. The third-order valence-corrected chi connectivity index (χ3v) is 3.01. The molecule has 0 bridgehead atoms. The maximum absolute atomic E-state index is 10.7. The minimum atomic E-state index is -4.41. The number of benzene rings is 2. The van der Waals surface area contributed by atoms with Crippen LogP contribution in [-0.4, -0.2) is 23.9 Å². The molecule has 0 atom stereocenters. The molecule has 0 aliphatic carbocycles. The average molecular weight is 336 g/mol. The predicted octanol–water partition coefficient (Wildman–Crippen LogP) is -1.64. The van der Waals surface area contributed by atoms with E-state index in [0.29, 0.717) is 11.4 Å². The van der Waals surface area contributed by atoms with Crippen molar-refractivity contribution in [2.75, 3.05) is 0 Å². The van der Waals surface area contributed by atoms with E-state index in [1.807, 2.05) is 18.2 Å². The van der Waals surface area contributed by atoms with Crippen molar-refractivity contribution < 1.29 is 75.3 Å². The van der Waals surface area contributed by atoms with Crippen molar-refractivity contribution in [1.82, 2.24) is 0 Å². The Morgan fingerprint density at radius 1 is 0.762 bits per heavy atom. The van der Waals surface area contributed by atoms with E-state index in [1.165, 1.54) is 24.3 Å². The van der Waals surface area contributed by atoms with Gasteiger partial charge in [-0.2, -0.15) is 10.2 Å². The van der Waals surface area contributed by atoms with Crippen molar-refractivity contribution in [1.29, 1.82) is 0 Å². The quantitative estimate of drug-likeness (QED) is 0.376. The molecule has 7 nitrogen and oxygen atoms in total. The first-order valence-corrected chi connectivity index (χ1v) is 6.49. The van der Waals surface area contributed by atoms with Crippen LogP contribution in [0.2, 0.25) is 0 Å².